The summed E-state index contributed by atoms with van der Waals surface area (Å²) in [4.78, 5) is 0. The first-order valence-corrected chi connectivity index (χ1v) is 12.3. The summed E-state index contributed by atoms with van der Waals surface area (Å²) in [6.45, 7) is 7.70. The molecule has 24 heavy (non-hydrogen) atoms. The summed E-state index contributed by atoms with van der Waals surface area (Å²) in [5.74, 6) is 0. The second-order valence-electron chi connectivity index (χ2n) is 7.53. The lowest BCUT2D eigenvalue weighted by Crippen LogP contribution is -2.51. The van der Waals surface area contributed by atoms with Crippen molar-refractivity contribution in [2.24, 2.45) is 0 Å². The van der Waals surface area contributed by atoms with Crippen LogP contribution in [0.15, 0.2) is 30.3 Å². The van der Waals surface area contributed by atoms with Gasteiger partial charge in [0.2, 0.25) is 0 Å². The van der Waals surface area contributed by atoms with Crippen LogP contribution in [0.5, 0.6) is 0 Å². The maximum absolute atomic E-state index is 10.3. The molecule has 0 amide bonds. The van der Waals surface area contributed by atoms with Gasteiger partial charge in [-0.25, -0.2) is 0 Å². The molecule has 1 heterocycles. The zero-order valence-electron chi connectivity index (χ0n) is 14.9. The number of benzene rings is 1. The molecule has 0 aromatic heterocycles. The number of hydrogen-bond donors (Lipinski definition) is 2. The quantitative estimate of drug-likeness (QED) is 0.702. The van der Waals surface area contributed by atoms with E-state index in [1.165, 1.54) is 0 Å². The summed E-state index contributed by atoms with van der Waals surface area (Å²) >= 11 is 0. The first-order chi connectivity index (χ1) is 11.4. The summed E-state index contributed by atoms with van der Waals surface area (Å²) in [5.41, 5.74) is 1.05. The molecule has 1 aromatic rings. The molecule has 0 radical (unpaired) electrons. The standard InChI is InChI=1S/C18H30O5Si/c1-24(2,3)10-9-21-17-11-15(18(20)16(12-19)23-17)22-13-14-7-5-4-6-8-14/h4-8,15-20H,9-13H2,1-3H3/t15-,16-,17?,18+/m1/s1. The lowest BCUT2D eigenvalue weighted by Gasteiger charge is -2.38. The Balaban J connectivity index is 1.88. The topological polar surface area (TPSA) is 68.2 Å². The van der Waals surface area contributed by atoms with Gasteiger partial charge in [0.25, 0.3) is 0 Å². The van der Waals surface area contributed by atoms with Crippen LogP contribution in [0.25, 0.3) is 0 Å². The molecule has 1 unspecified atom stereocenters. The van der Waals surface area contributed by atoms with Crippen molar-refractivity contribution in [3.8, 4) is 0 Å². The Labute approximate surface area is 145 Å². The Morgan fingerprint density at radius 2 is 1.88 bits per heavy atom. The smallest absolute Gasteiger partial charge is 0.160 e. The van der Waals surface area contributed by atoms with E-state index < -0.39 is 32.7 Å². The average molecular weight is 355 g/mol. The summed E-state index contributed by atoms with van der Waals surface area (Å²) in [6, 6.07) is 10.9. The summed E-state index contributed by atoms with van der Waals surface area (Å²) in [5, 5.41) is 19.8. The van der Waals surface area contributed by atoms with E-state index in [0.29, 0.717) is 19.6 Å². The van der Waals surface area contributed by atoms with E-state index >= 15 is 0 Å². The van der Waals surface area contributed by atoms with Gasteiger partial charge in [-0.3, -0.25) is 0 Å². The van der Waals surface area contributed by atoms with Crippen molar-refractivity contribution in [3.63, 3.8) is 0 Å². The largest absolute Gasteiger partial charge is 0.394 e. The Morgan fingerprint density at radius 3 is 2.50 bits per heavy atom. The van der Waals surface area contributed by atoms with Crippen molar-refractivity contribution in [1.29, 1.82) is 0 Å². The molecule has 2 rings (SSSR count). The second-order valence-corrected chi connectivity index (χ2v) is 13.2. The van der Waals surface area contributed by atoms with E-state index in [4.69, 9.17) is 14.2 Å². The van der Waals surface area contributed by atoms with Crippen LogP contribution in [0.1, 0.15) is 12.0 Å². The predicted molar refractivity (Wildman–Crippen MR) is 95.5 cm³/mol. The highest BCUT2D eigenvalue weighted by molar-refractivity contribution is 6.76. The highest BCUT2D eigenvalue weighted by atomic mass is 28.3. The Bertz CT molecular complexity index is 476. The first kappa shape index (κ1) is 19.6. The van der Waals surface area contributed by atoms with E-state index in [1.54, 1.807) is 0 Å². The first-order valence-electron chi connectivity index (χ1n) is 8.60. The molecule has 0 saturated carbocycles. The zero-order valence-corrected chi connectivity index (χ0v) is 15.9. The summed E-state index contributed by atoms with van der Waals surface area (Å²) < 4.78 is 17.4. The SMILES string of the molecule is C[Si](C)(C)CCOC1C[C@@H](OCc2ccccc2)[C@H](O)[C@@H](CO)O1. The fraction of sp³-hybridized carbons (Fsp3) is 0.667. The van der Waals surface area contributed by atoms with Crippen LogP contribution in [0.4, 0.5) is 0 Å². The molecule has 1 saturated heterocycles. The van der Waals surface area contributed by atoms with Gasteiger partial charge in [-0.1, -0.05) is 50.0 Å². The van der Waals surface area contributed by atoms with Crippen LogP contribution in [-0.4, -0.2) is 56.1 Å². The van der Waals surface area contributed by atoms with Gasteiger partial charge >= 0.3 is 0 Å². The van der Waals surface area contributed by atoms with Gasteiger partial charge in [-0.2, -0.15) is 0 Å². The van der Waals surface area contributed by atoms with Crippen LogP contribution in [0, 0.1) is 0 Å². The highest BCUT2D eigenvalue weighted by Crippen LogP contribution is 2.25. The monoisotopic (exact) mass is 354 g/mol. The van der Waals surface area contributed by atoms with Gasteiger partial charge in [0.05, 0.1) is 19.3 Å². The third kappa shape index (κ3) is 6.27. The molecule has 4 atom stereocenters. The molecule has 2 N–H and O–H groups in total. The van der Waals surface area contributed by atoms with Crippen LogP contribution in [0.3, 0.4) is 0 Å². The van der Waals surface area contributed by atoms with Gasteiger partial charge in [0.1, 0.15) is 12.2 Å². The molecule has 0 spiro atoms. The van der Waals surface area contributed by atoms with Crippen LogP contribution in [-0.2, 0) is 20.8 Å². The van der Waals surface area contributed by atoms with E-state index in [-0.39, 0.29) is 6.61 Å². The molecular weight excluding hydrogens is 324 g/mol. The number of ether oxygens (including phenoxy) is 3. The molecule has 0 bridgehead atoms. The minimum absolute atomic E-state index is 0.250. The molecule has 136 valence electrons. The molecular formula is C18H30O5Si. The van der Waals surface area contributed by atoms with E-state index in [2.05, 4.69) is 19.6 Å². The molecule has 1 aliphatic heterocycles. The Morgan fingerprint density at radius 1 is 1.17 bits per heavy atom. The number of aliphatic hydroxyl groups is 2. The Hall–Kier alpha value is -0.763. The molecule has 6 heteroatoms. The minimum atomic E-state index is -1.17. The Kier molecular flexibility index (Phi) is 7.40. The number of aliphatic hydroxyl groups excluding tert-OH is 2. The van der Waals surface area contributed by atoms with Crippen molar-refractivity contribution in [2.45, 2.75) is 63.3 Å². The molecule has 1 fully saturated rings. The van der Waals surface area contributed by atoms with Gasteiger partial charge in [0.15, 0.2) is 6.29 Å². The minimum Gasteiger partial charge on any atom is -0.394 e. The number of rotatable bonds is 8. The normalized spacial score (nSPS) is 28.0. The molecule has 5 nitrogen and oxygen atoms in total. The second kappa shape index (κ2) is 9.08. The fourth-order valence-electron chi connectivity index (χ4n) is 2.60. The molecule has 1 aliphatic rings. The van der Waals surface area contributed by atoms with Gasteiger partial charge in [-0.05, 0) is 11.6 Å². The van der Waals surface area contributed by atoms with Crippen LogP contribution >= 0.6 is 0 Å². The van der Waals surface area contributed by atoms with Crippen molar-refractivity contribution < 1.29 is 24.4 Å². The third-order valence-electron chi connectivity index (χ3n) is 4.16. The molecule has 0 aliphatic carbocycles. The van der Waals surface area contributed by atoms with E-state index in [1.807, 2.05) is 30.3 Å². The predicted octanol–water partition coefficient (Wildman–Crippen LogP) is 2.39. The zero-order chi connectivity index (χ0) is 17.6. The lowest BCUT2D eigenvalue weighted by molar-refractivity contribution is -0.264. The van der Waals surface area contributed by atoms with E-state index in [9.17, 15) is 10.2 Å². The molecule has 1 aromatic carbocycles. The van der Waals surface area contributed by atoms with Crippen molar-refractivity contribution in [2.75, 3.05) is 13.2 Å². The van der Waals surface area contributed by atoms with Crippen LogP contribution < -0.4 is 0 Å². The maximum Gasteiger partial charge on any atom is 0.160 e. The fourth-order valence-corrected chi connectivity index (χ4v) is 3.33. The van der Waals surface area contributed by atoms with Gasteiger partial charge in [-0.15, -0.1) is 0 Å². The van der Waals surface area contributed by atoms with Crippen molar-refractivity contribution in [3.05, 3.63) is 35.9 Å². The average Bonchev–Trinajstić information content (AvgIpc) is 2.54. The van der Waals surface area contributed by atoms with Crippen molar-refractivity contribution in [1.82, 2.24) is 0 Å². The summed E-state index contributed by atoms with van der Waals surface area (Å²) in [6.07, 6.45) is -1.90. The van der Waals surface area contributed by atoms with Gasteiger partial charge in [0, 0.05) is 21.1 Å². The van der Waals surface area contributed by atoms with Crippen molar-refractivity contribution >= 4 is 8.07 Å². The maximum atomic E-state index is 10.3. The lowest BCUT2D eigenvalue weighted by atomic mass is 10.0. The third-order valence-corrected chi connectivity index (χ3v) is 5.86. The van der Waals surface area contributed by atoms with Crippen LogP contribution in [0.2, 0.25) is 25.7 Å². The van der Waals surface area contributed by atoms with E-state index in [0.717, 1.165) is 11.6 Å². The number of hydrogen-bond acceptors (Lipinski definition) is 5. The van der Waals surface area contributed by atoms with Gasteiger partial charge < -0.3 is 24.4 Å². The highest BCUT2D eigenvalue weighted by Gasteiger charge is 2.38. The summed E-state index contributed by atoms with van der Waals surface area (Å²) in [7, 11) is -1.17.